The molecule has 1 saturated heterocycles. The summed E-state index contributed by atoms with van der Waals surface area (Å²) in [7, 11) is 1.70. The summed E-state index contributed by atoms with van der Waals surface area (Å²) in [5.41, 5.74) is 2.05. The minimum atomic E-state index is -0.192. The Kier molecular flexibility index (Phi) is 4.70. The van der Waals surface area contributed by atoms with Gasteiger partial charge >= 0.3 is 6.03 Å². The van der Waals surface area contributed by atoms with Crippen molar-refractivity contribution in [2.75, 3.05) is 30.4 Å². The van der Waals surface area contributed by atoms with Crippen LogP contribution in [0.25, 0.3) is 0 Å². The van der Waals surface area contributed by atoms with Crippen LogP contribution in [0.3, 0.4) is 0 Å². The fourth-order valence-electron chi connectivity index (χ4n) is 3.60. The van der Waals surface area contributed by atoms with E-state index >= 15 is 0 Å². The van der Waals surface area contributed by atoms with E-state index in [0.29, 0.717) is 23.7 Å². The van der Waals surface area contributed by atoms with Crippen LogP contribution in [-0.2, 0) is 4.79 Å². The van der Waals surface area contributed by atoms with Gasteiger partial charge < -0.3 is 24.4 Å². The van der Waals surface area contributed by atoms with Gasteiger partial charge in [0.2, 0.25) is 0 Å². The molecule has 0 radical (unpaired) electrons. The Bertz CT molecular complexity index is 907. The van der Waals surface area contributed by atoms with Gasteiger partial charge in [-0.05, 0) is 31.0 Å². The highest BCUT2D eigenvalue weighted by Gasteiger charge is 2.33. The highest BCUT2D eigenvalue weighted by atomic mass is 16.5. The van der Waals surface area contributed by atoms with Crippen LogP contribution >= 0.6 is 0 Å². The van der Waals surface area contributed by atoms with Gasteiger partial charge in [0.15, 0.2) is 6.61 Å². The second kappa shape index (κ2) is 7.18. The third kappa shape index (κ3) is 3.30. The summed E-state index contributed by atoms with van der Waals surface area (Å²) in [5.74, 6) is 1.58. The Morgan fingerprint density at radius 2 is 2.14 bits per heavy atom. The zero-order chi connectivity index (χ0) is 19.8. The van der Waals surface area contributed by atoms with Crippen LogP contribution in [-0.4, -0.2) is 42.2 Å². The summed E-state index contributed by atoms with van der Waals surface area (Å²) >= 11 is 0. The van der Waals surface area contributed by atoms with E-state index in [4.69, 9.17) is 9.26 Å². The fraction of sp³-hybridized carbons (Fsp3) is 0.450. The number of anilines is 2. The minimum absolute atomic E-state index is 0.0285. The average molecular weight is 384 g/mol. The van der Waals surface area contributed by atoms with Crippen molar-refractivity contribution in [3.63, 3.8) is 0 Å². The first-order valence-corrected chi connectivity index (χ1v) is 9.51. The molecule has 1 atom stereocenters. The molecule has 3 amide bonds. The number of likely N-dealkylation sites (N-methyl/N-ethyl adjacent to an activating group) is 1. The molecule has 2 aromatic rings. The molecule has 0 aliphatic carbocycles. The van der Waals surface area contributed by atoms with E-state index in [1.807, 2.05) is 19.9 Å². The van der Waals surface area contributed by atoms with E-state index in [1.54, 1.807) is 30.1 Å². The van der Waals surface area contributed by atoms with Crippen molar-refractivity contribution in [1.29, 1.82) is 0 Å². The van der Waals surface area contributed by atoms with Crippen molar-refractivity contribution < 1.29 is 18.8 Å². The first-order valence-electron chi connectivity index (χ1n) is 9.51. The number of ether oxygens (including phenoxy) is 1. The first kappa shape index (κ1) is 18.3. The second-order valence-corrected chi connectivity index (χ2v) is 7.51. The van der Waals surface area contributed by atoms with Crippen LogP contribution < -0.4 is 15.0 Å². The number of likely N-dealkylation sites (tertiary alicyclic amines) is 1. The molecule has 0 bridgehead atoms. The lowest BCUT2D eigenvalue weighted by Crippen LogP contribution is -2.36. The Morgan fingerprint density at radius 1 is 1.32 bits per heavy atom. The predicted octanol–water partition coefficient (Wildman–Crippen LogP) is 3.52. The van der Waals surface area contributed by atoms with Crippen LogP contribution in [0.5, 0.6) is 5.75 Å². The number of rotatable bonds is 3. The zero-order valence-corrected chi connectivity index (χ0v) is 16.3. The van der Waals surface area contributed by atoms with Gasteiger partial charge in [-0.2, -0.15) is 0 Å². The minimum Gasteiger partial charge on any atom is -0.482 e. The smallest absolute Gasteiger partial charge is 0.322 e. The summed E-state index contributed by atoms with van der Waals surface area (Å²) in [5, 5.41) is 7.11. The van der Waals surface area contributed by atoms with Crippen LogP contribution in [0.2, 0.25) is 0 Å². The maximum absolute atomic E-state index is 12.9. The highest BCUT2D eigenvalue weighted by Crippen LogP contribution is 2.35. The van der Waals surface area contributed by atoms with Crippen LogP contribution in [0.1, 0.15) is 50.1 Å². The fourth-order valence-corrected chi connectivity index (χ4v) is 3.60. The average Bonchev–Trinajstić information content (AvgIpc) is 3.34. The molecule has 1 N–H and O–H groups in total. The van der Waals surface area contributed by atoms with Crippen molar-refractivity contribution in [1.82, 2.24) is 10.1 Å². The Balaban J connectivity index is 1.50. The predicted molar refractivity (Wildman–Crippen MR) is 104 cm³/mol. The van der Waals surface area contributed by atoms with Gasteiger partial charge in [0, 0.05) is 31.3 Å². The molecular weight excluding hydrogens is 360 g/mol. The molecule has 8 heteroatoms. The van der Waals surface area contributed by atoms with Crippen molar-refractivity contribution in [2.45, 2.75) is 38.6 Å². The number of amides is 3. The molecular formula is C20H24N4O4. The van der Waals surface area contributed by atoms with E-state index in [2.05, 4.69) is 10.5 Å². The van der Waals surface area contributed by atoms with E-state index in [9.17, 15) is 9.59 Å². The van der Waals surface area contributed by atoms with Gasteiger partial charge in [0.05, 0.1) is 11.7 Å². The summed E-state index contributed by atoms with van der Waals surface area (Å²) in [6, 6.07) is 6.95. The molecule has 2 aliphatic heterocycles. The quantitative estimate of drug-likeness (QED) is 0.875. The van der Waals surface area contributed by atoms with Gasteiger partial charge in [0.25, 0.3) is 5.91 Å². The molecule has 1 fully saturated rings. The number of benzene rings is 1. The molecule has 28 heavy (non-hydrogen) atoms. The molecule has 2 aliphatic rings. The summed E-state index contributed by atoms with van der Waals surface area (Å²) in [6.07, 6.45) is 1.77. The molecule has 0 spiro atoms. The lowest BCUT2D eigenvalue weighted by atomic mass is 10.1. The molecule has 3 heterocycles. The molecule has 4 rings (SSSR count). The largest absolute Gasteiger partial charge is 0.482 e. The van der Waals surface area contributed by atoms with Crippen molar-refractivity contribution in [2.24, 2.45) is 0 Å². The van der Waals surface area contributed by atoms with Crippen LogP contribution in [0, 0.1) is 0 Å². The van der Waals surface area contributed by atoms with Crippen molar-refractivity contribution >= 4 is 23.3 Å². The maximum atomic E-state index is 12.9. The zero-order valence-electron chi connectivity index (χ0n) is 16.3. The van der Waals surface area contributed by atoms with Crippen LogP contribution in [0.15, 0.2) is 28.8 Å². The molecule has 148 valence electrons. The molecule has 1 aromatic heterocycles. The van der Waals surface area contributed by atoms with E-state index in [-0.39, 0.29) is 30.5 Å². The normalized spacial score (nSPS) is 19.0. The number of hydrogen-bond donors (Lipinski definition) is 1. The van der Waals surface area contributed by atoms with E-state index in [0.717, 1.165) is 24.3 Å². The summed E-state index contributed by atoms with van der Waals surface area (Å²) < 4.78 is 10.8. The Morgan fingerprint density at radius 3 is 2.89 bits per heavy atom. The first-order chi connectivity index (χ1) is 13.4. The van der Waals surface area contributed by atoms with Crippen LogP contribution in [0.4, 0.5) is 16.2 Å². The number of nitrogens with zero attached hydrogens (tertiary/aromatic N) is 3. The summed E-state index contributed by atoms with van der Waals surface area (Å²) in [6.45, 7) is 4.78. The van der Waals surface area contributed by atoms with Gasteiger partial charge in [-0.1, -0.05) is 19.0 Å². The van der Waals surface area contributed by atoms with Crippen molar-refractivity contribution in [3.05, 3.63) is 35.7 Å². The number of urea groups is 1. The third-order valence-electron chi connectivity index (χ3n) is 5.27. The highest BCUT2D eigenvalue weighted by molar-refractivity contribution is 5.99. The van der Waals surface area contributed by atoms with E-state index in [1.165, 1.54) is 4.90 Å². The Labute approximate surface area is 163 Å². The molecule has 8 nitrogen and oxygen atoms in total. The topological polar surface area (TPSA) is 87.9 Å². The van der Waals surface area contributed by atoms with Gasteiger partial charge in [-0.15, -0.1) is 0 Å². The van der Waals surface area contributed by atoms with Gasteiger partial charge in [-0.3, -0.25) is 4.79 Å². The maximum Gasteiger partial charge on any atom is 0.322 e. The van der Waals surface area contributed by atoms with E-state index < -0.39 is 0 Å². The molecule has 1 unspecified atom stereocenters. The number of carbonyl (C=O) groups excluding carboxylic acids is 2. The monoisotopic (exact) mass is 384 g/mol. The van der Waals surface area contributed by atoms with Gasteiger partial charge in [0.1, 0.15) is 17.2 Å². The second-order valence-electron chi connectivity index (χ2n) is 7.51. The number of fused-ring (bicyclic) bond motifs is 1. The number of carbonyl (C=O) groups is 2. The third-order valence-corrected chi connectivity index (χ3v) is 5.27. The number of hydrogen-bond acceptors (Lipinski definition) is 5. The standard InChI is InChI=1S/C20H24N4O4/c1-12(2)18-10-14(22-28-18)15-5-4-8-24(15)20(26)21-13-6-7-17-16(9-13)23(3)19(25)11-27-17/h6-7,9-10,12,15H,4-5,8,11H2,1-3H3,(H,21,26). The molecule has 0 saturated carbocycles. The molecule has 1 aromatic carbocycles. The Hall–Kier alpha value is -3.03. The van der Waals surface area contributed by atoms with Crippen molar-refractivity contribution in [3.8, 4) is 5.75 Å². The lowest BCUT2D eigenvalue weighted by Gasteiger charge is -2.27. The lowest BCUT2D eigenvalue weighted by molar-refractivity contribution is -0.120. The number of aromatic nitrogens is 1. The van der Waals surface area contributed by atoms with Gasteiger partial charge in [-0.25, -0.2) is 4.79 Å². The number of nitrogens with one attached hydrogen (secondary N) is 1. The SMILES string of the molecule is CC(C)c1cc(C2CCCN2C(=O)Nc2ccc3c(c2)N(C)C(=O)CO3)no1. The summed E-state index contributed by atoms with van der Waals surface area (Å²) in [4.78, 5) is 28.1.